The Balaban J connectivity index is 2.43. The van der Waals surface area contributed by atoms with E-state index in [9.17, 15) is 9.18 Å². The Morgan fingerprint density at radius 3 is 2.65 bits per heavy atom. The topological polar surface area (TPSA) is 61.6 Å². The van der Waals surface area contributed by atoms with Gasteiger partial charge in [0.1, 0.15) is 18.1 Å². The zero-order valence-corrected chi connectivity index (χ0v) is 11.2. The van der Waals surface area contributed by atoms with E-state index in [1.54, 1.807) is 6.92 Å². The van der Waals surface area contributed by atoms with E-state index in [4.69, 9.17) is 13.9 Å². The summed E-state index contributed by atoms with van der Waals surface area (Å²) in [5.74, 6) is -0.728. The predicted molar refractivity (Wildman–Crippen MR) is 68.6 cm³/mol. The summed E-state index contributed by atoms with van der Waals surface area (Å²) in [6, 6.07) is 5.61. The van der Waals surface area contributed by atoms with Gasteiger partial charge in [-0.05, 0) is 31.2 Å². The number of hydrogen-bond donors (Lipinski definition) is 0. The number of halogens is 1. The van der Waals surface area contributed by atoms with Gasteiger partial charge in [0, 0.05) is 12.7 Å². The van der Waals surface area contributed by atoms with Gasteiger partial charge >= 0.3 is 5.97 Å². The van der Waals surface area contributed by atoms with Crippen LogP contribution < -0.4 is 0 Å². The van der Waals surface area contributed by atoms with Crippen molar-refractivity contribution in [3.63, 3.8) is 0 Å². The third-order valence-electron chi connectivity index (χ3n) is 2.52. The van der Waals surface area contributed by atoms with E-state index < -0.39 is 5.97 Å². The average molecular weight is 279 g/mol. The molecule has 0 radical (unpaired) electrons. The normalized spacial score (nSPS) is 10.6. The second-order valence-electron chi connectivity index (χ2n) is 3.95. The number of methoxy groups -OCH3 is 1. The van der Waals surface area contributed by atoms with E-state index in [1.165, 1.54) is 31.4 Å². The first-order chi connectivity index (χ1) is 9.65. The van der Waals surface area contributed by atoms with Gasteiger partial charge < -0.3 is 13.9 Å². The quantitative estimate of drug-likeness (QED) is 0.787. The van der Waals surface area contributed by atoms with Crippen LogP contribution >= 0.6 is 0 Å². The van der Waals surface area contributed by atoms with Crippen molar-refractivity contribution in [1.29, 1.82) is 0 Å². The van der Waals surface area contributed by atoms with Crippen LogP contribution in [0.1, 0.15) is 23.4 Å². The first kappa shape index (κ1) is 14.2. The van der Waals surface area contributed by atoms with E-state index in [-0.39, 0.29) is 30.7 Å². The molecule has 106 valence electrons. The molecule has 1 heterocycles. The van der Waals surface area contributed by atoms with Gasteiger partial charge in [-0.3, -0.25) is 0 Å². The average Bonchev–Trinajstić information content (AvgIpc) is 2.84. The predicted octanol–water partition coefficient (Wildman–Crippen LogP) is 2.80. The number of aromatic nitrogens is 1. The van der Waals surface area contributed by atoms with Crippen LogP contribution in [-0.2, 0) is 16.1 Å². The fourth-order valence-corrected chi connectivity index (χ4v) is 1.69. The van der Waals surface area contributed by atoms with Crippen molar-refractivity contribution in [2.24, 2.45) is 0 Å². The molecule has 6 heteroatoms. The number of benzene rings is 1. The Morgan fingerprint density at radius 2 is 2.05 bits per heavy atom. The van der Waals surface area contributed by atoms with Gasteiger partial charge in [-0.2, -0.15) is 0 Å². The fraction of sp³-hybridized carbons (Fsp3) is 0.286. The summed E-state index contributed by atoms with van der Waals surface area (Å²) in [6.07, 6.45) is 0. The van der Waals surface area contributed by atoms with Gasteiger partial charge in [-0.1, -0.05) is 0 Å². The minimum atomic E-state index is -0.610. The SMILES string of the molecule is CCOC(=O)c1oc(COC)nc1-c1ccc(F)cc1. The second-order valence-corrected chi connectivity index (χ2v) is 3.95. The molecule has 5 nitrogen and oxygen atoms in total. The van der Waals surface area contributed by atoms with Crippen LogP contribution in [-0.4, -0.2) is 24.7 Å². The molecule has 20 heavy (non-hydrogen) atoms. The van der Waals surface area contributed by atoms with Gasteiger partial charge in [-0.15, -0.1) is 0 Å². The molecule has 1 aromatic heterocycles. The summed E-state index contributed by atoms with van der Waals surface area (Å²) in [5.41, 5.74) is 0.885. The van der Waals surface area contributed by atoms with Gasteiger partial charge in [0.25, 0.3) is 0 Å². The highest BCUT2D eigenvalue weighted by atomic mass is 19.1. The van der Waals surface area contributed by atoms with Crippen molar-refractivity contribution in [2.45, 2.75) is 13.5 Å². The van der Waals surface area contributed by atoms with E-state index in [1.807, 2.05) is 0 Å². The Morgan fingerprint density at radius 1 is 1.35 bits per heavy atom. The molecule has 2 rings (SSSR count). The molecule has 0 aliphatic carbocycles. The van der Waals surface area contributed by atoms with Crippen LogP contribution in [0.15, 0.2) is 28.7 Å². The van der Waals surface area contributed by atoms with Crippen LogP contribution in [0.2, 0.25) is 0 Å². The second kappa shape index (κ2) is 6.29. The van der Waals surface area contributed by atoms with E-state index >= 15 is 0 Å². The monoisotopic (exact) mass is 279 g/mol. The smallest absolute Gasteiger partial charge is 0.376 e. The minimum absolute atomic E-state index is 0.00879. The lowest BCUT2D eigenvalue weighted by Crippen LogP contribution is -2.04. The van der Waals surface area contributed by atoms with E-state index in [0.29, 0.717) is 11.3 Å². The number of ether oxygens (including phenoxy) is 2. The largest absolute Gasteiger partial charge is 0.460 e. The molecule has 0 N–H and O–H groups in total. The summed E-state index contributed by atoms with van der Waals surface area (Å²) >= 11 is 0. The van der Waals surface area contributed by atoms with Gasteiger partial charge in [0.05, 0.1) is 6.61 Å². The molecule has 2 aromatic rings. The molecular formula is C14H14FNO4. The first-order valence-electron chi connectivity index (χ1n) is 6.07. The van der Waals surface area contributed by atoms with Crippen molar-refractivity contribution in [3.05, 3.63) is 41.7 Å². The van der Waals surface area contributed by atoms with Crippen LogP contribution in [0.3, 0.4) is 0 Å². The first-order valence-corrected chi connectivity index (χ1v) is 6.07. The number of nitrogens with zero attached hydrogens (tertiary/aromatic N) is 1. The van der Waals surface area contributed by atoms with Crippen LogP contribution in [0.5, 0.6) is 0 Å². The molecule has 1 aromatic carbocycles. The molecular weight excluding hydrogens is 265 g/mol. The number of oxazole rings is 1. The van der Waals surface area contributed by atoms with Gasteiger partial charge in [0.2, 0.25) is 11.7 Å². The zero-order valence-electron chi connectivity index (χ0n) is 11.2. The standard InChI is InChI=1S/C14H14FNO4/c1-3-19-14(17)13-12(16-11(20-13)8-18-2)9-4-6-10(15)7-5-9/h4-7H,3,8H2,1-2H3. The molecule has 0 amide bonds. The number of esters is 1. The Bertz CT molecular complexity index is 592. The summed E-state index contributed by atoms with van der Waals surface area (Å²) in [6.45, 7) is 2.05. The number of carbonyl (C=O) groups is 1. The van der Waals surface area contributed by atoms with Crippen molar-refractivity contribution < 1.29 is 23.1 Å². The molecule has 0 spiro atoms. The third kappa shape index (κ3) is 3.03. The highest BCUT2D eigenvalue weighted by Gasteiger charge is 2.22. The van der Waals surface area contributed by atoms with Gasteiger partial charge in [0.15, 0.2) is 0 Å². The maximum atomic E-state index is 13.0. The number of hydrogen-bond acceptors (Lipinski definition) is 5. The molecule has 0 aliphatic rings. The highest BCUT2D eigenvalue weighted by Crippen LogP contribution is 2.25. The lowest BCUT2D eigenvalue weighted by Gasteiger charge is -2.01. The molecule has 0 atom stereocenters. The maximum Gasteiger partial charge on any atom is 0.376 e. The minimum Gasteiger partial charge on any atom is -0.460 e. The van der Waals surface area contributed by atoms with E-state index in [2.05, 4.69) is 4.98 Å². The number of rotatable bonds is 5. The van der Waals surface area contributed by atoms with Crippen molar-refractivity contribution >= 4 is 5.97 Å². The van der Waals surface area contributed by atoms with Crippen molar-refractivity contribution in [2.75, 3.05) is 13.7 Å². The molecule has 0 saturated heterocycles. The summed E-state index contributed by atoms with van der Waals surface area (Å²) in [7, 11) is 1.49. The number of carbonyl (C=O) groups excluding carboxylic acids is 1. The Hall–Kier alpha value is -2.21. The molecule has 0 unspecified atom stereocenters. The lowest BCUT2D eigenvalue weighted by molar-refractivity contribution is 0.0484. The van der Waals surface area contributed by atoms with Crippen molar-refractivity contribution in [1.82, 2.24) is 4.98 Å². The van der Waals surface area contributed by atoms with E-state index in [0.717, 1.165) is 0 Å². The molecule has 0 bridgehead atoms. The van der Waals surface area contributed by atoms with Gasteiger partial charge in [-0.25, -0.2) is 14.2 Å². The Kier molecular flexibility index (Phi) is 4.47. The van der Waals surface area contributed by atoms with Crippen LogP contribution in [0.4, 0.5) is 4.39 Å². The highest BCUT2D eigenvalue weighted by molar-refractivity contribution is 5.93. The zero-order chi connectivity index (χ0) is 14.5. The Labute approximate surface area is 115 Å². The summed E-state index contributed by atoms with van der Waals surface area (Å²) < 4.78 is 28.1. The fourth-order valence-electron chi connectivity index (χ4n) is 1.69. The third-order valence-corrected chi connectivity index (χ3v) is 2.52. The lowest BCUT2D eigenvalue weighted by atomic mass is 10.1. The molecule has 0 fully saturated rings. The maximum absolute atomic E-state index is 13.0. The van der Waals surface area contributed by atoms with Crippen molar-refractivity contribution in [3.8, 4) is 11.3 Å². The summed E-state index contributed by atoms with van der Waals surface area (Å²) in [5, 5.41) is 0. The van der Waals surface area contributed by atoms with Crippen LogP contribution in [0, 0.1) is 5.82 Å². The molecule has 0 aliphatic heterocycles. The van der Waals surface area contributed by atoms with Crippen LogP contribution in [0.25, 0.3) is 11.3 Å². The molecule has 0 saturated carbocycles. The summed E-state index contributed by atoms with van der Waals surface area (Å²) in [4.78, 5) is 16.0.